The number of hydrogen-bond donors (Lipinski definition) is 1. The van der Waals surface area contributed by atoms with Crippen molar-refractivity contribution < 1.29 is 14.3 Å². The molecule has 1 amide bonds. The summed E-state index contributed by atoms with van der Waals surface area (Å²) < 4.78 is 10.9. The molecule has 2 aliphatic rings. The molecule has 6 nitrogen and oxygen atoms in total. The number of carbonyl (C=O) groups is 1. The lowest BCUT2D eigenvalue weighted by Gasteiger charge is -2.42. The maximum absolute atomic E-state index is 13.2. The van der Waals surface area contributed by atoms with Crippen molar-refractivity contribution in [3.63, 3.8) is 0 Å². The van der Waals surface area contributed by atoms with Crippen LogP contribution in [0.1, 0.15) is 18.4 Å². The summed E-state index contributed by atoms with van der Waals surface area (Å²) in [6.45, 7) is 6.24. The van der Waals surface area contributed by atoms with Crippen molar-refractivity contribution >= 4 is 17.5 Å². The highest BCUT2D eigenvalue weighted by Gasteiger charge is 2.42. The maximum Gasteiger partial charge on any atom is 0.231 e. The van der Waals surface area contributed by atoms with E-state index in [1.807, 2.05) is 23.1 Å². The van der Waals surface area contributed by atoms with E-state index < -0.39 is 0 Å². The van der Waals surface area contributed by atoms with Crippen molar-refractivity contribution in [3.05, 3.63) is 28.8 Å². The number of nitrogens with zero attached hydrogens (tertiary/aromatic N) is 2. The average molecular weight is 396 g/mol. The van der Waals surface area contributed by atoms with E-state index in [0.29, 0.717) is 11.6 Å². The van der Waals surface area contributed by atoms with Crippen molar-refractivity contribution in [2.75, 3.05) is 60.1 Å². The first-order chi connectivity index (χ1) is 13.1. The number of benzene rings is 1. The van der Waals surface area contributed by atoms with Gasteiger partial charge in [-0.25, -0.2) is 0 Å². The largest absolute Gasteiger partial charge is 0.496 e. The van der Waals surface area contributed by atoms with E-state index in [4.69, 9.17) is 21.1 Å². The van der Waals surface area contributed by atoms with Crippen molar-refractivity contribution in [1.82, 2.24) is 15.1 Å². The molecule has 27 heavy (non-hydrogen) atoms. The van der Waals surface area contributed by atoms with Gasteiger partial charge < -0.3 is 19.7 Å². The zero-order valence-electron chi connectivity index (χ0n) is 16.3. The number of rotatable bonds is 6. The number of piperazine rings is 1. The van der Waals surface area contributed by atoms with E-state index >= 15 is 0 Å². The second kappa shape index (κ2) is 9.24. The van der Waals surface area contributed by atoms with Gasteiger partial charge in [0.25, 0.3) is 0 Å². The fraction of sp³-hybridized carbons (Fsp3) is 0.650. The number of carbonyl (C=O) groups excluding carboxylic acids is 1. The molecule has 0 atom stereocenters. The SMILES string of the molecule is COCC1(C(=O)N2CCN(Cc3cc(Cl)ccc3OC)CC2)CCNCC1. The lowest BCUT2D eigenvalue weighted by atomic mass is 9.78. The van der Waals surface area contributed by atoms with Crippen LogP contribution >= 0.6 is 11.6 Å². The Morgan fingerprint density at radius 1 is 1.19 bits per heavy atom. The number of nitrogens with one attached hydrogen (secondary N) is 1. The Labute approximate surface area is 166 Å². The van der Waals surface area contributed by atoms with Crippen LogP contribution in [0.4, 0.5) is 0 Å². The Kier molecular flexibility index (Phi) is 6.98. The molecule has 1 aromatic rings. The Morgan fingerprint density at radius 3 is 2.52 bits per heavy atom. The van der Waals surface area contributed by atoms with Crippen LogP contribution in [-0.4, -0.2) is 75.8 Å². The van der Waals surface area contributed by atoms with Gasteiger partial charge in [0.15, 0.2) is 0 Å². The number of ether oxygens (including phenoxy) is 2. The third-order valence-electron chi connectivity index (χ3n) is 5.73. The summed E-state index contributed by atoms with van der Waals surface area (Å²) >= 11 is 6.14. The van der Waals surface area contributed by atoms with Crippen LogP contribution in [-0.2, 0) is 16.1 Å². The predicted molar refractivity (Wildman–Crippen MR) is 106 cm³/mol. The molecule has 7 heteroatoms. The number of piperidine rings is 1. The zero-order chi connectivity index (χ0) is 19.3. The highest BCUT2D eigenvalue weighted by atomic mass is 35.5. The summed E-state index contributed by atoms with van der Waals surface area (Å²) in [4.78, 5) is 17.6. The van der Waals surface area contributed by atoms with E-state index in [1.54, 1.807) is 14.2 Å². The molecule has 0 unspecified atom stereocenters. The molecule has 150 valence electrons. The summed E-state index contributed by atoms with van der Waals surface area (Å²) in [6, 6.07) is 5.71. The molecule has 1 aromatic carbocycles. The van der Waals surface area contributed by atoms with E-state index in [2.05, 4.69) is 10.2 Å². The number of amides is 1. The third-order valence-corrected chi connectivity index (χ3v) is 5.97. The third kappa shape index (κ3) is 4.74. The molecule has 1 N–H and O–H groups in total. The van der Waals surface area contributed by atoms with Crippen molar-refractivity contribution in [2.45, 2.75) is 19.4 Å². The van der Waals surface area contributed by atoms with E-state index in [0.717, 1.165) is 70.0 Å². The minimum atomic E-state index is -0.363. The second-order valence-corrected chi connectivity index (χ2v) is 7.92. The van der Waals surface area contributed by atoms with E-state index in [9.17, 15) is 4.79 Å². The Balaban J connectivity index is 1.60. The molecule has 2 heterocycles. The van der Waals surface area contributed by atoms with Gasteiger partial charge in [-0.1, -0.05) is 11.6 Å². The van der Waals surface area contributed by atoms with Gasteiger partial charge in [-0.15, -0.1) is 0 Å². The van der Waals surface area contributed by atoms with E-state index in [1.165, 1.54) is 0 Å². The maximum atomic E-state index is 13.2. The van der Waals surface area contributed by atoms with Crippen molar-refractivity contribution in [3.8, 4) is 5.75 Å². The lowest BCUT2D eigenvalue weighted by Crippen LogP contribution is -2.56. The Bertz CT molecular complexity index is 636. The molecule has 0 aliphatic carbocycles. The van der Waals surface area contributed by atoms with Crippen LogP contribution in [0.15, 0.2) is 18.2 Å². The minimum Gasteiger partial charge on any atom is -0.496 e. The van der Waals surface area contributed by atoms with Crippen LogP contribution < -0.4 is 10.1 Å². The van der Waals surface area contributed by atoms with E-state index in [-0.39, 0.29) is 11.3 Å². The summed E-state index contributed by atoms with van der Waals surface area (Å²) in [5.41, 5.74) is 0.720. The van der Waals surface area contributed by atoms with Gasteiger partial charge in [0.1, 0.15) is 5.75 Å². The first-order valence-electron chi connectivity index (χ1n) is 9.62. The highest BCUT2D eigenvalue weighted by molar-refractivity contribution is 6.30. The number of methoxy groups -OCH3 is 2. The molecular formula is C20H30ClN3O3. The standard InChI is InChI=1S/C20H30ClN3O3/c1-26-15-20(5-7-22-8-6-20)19(25)24-11-9-23(10-12-24)14-16-13-17(21)3-4-18(16)27-2/h3-4,13,22H,5-12,14-15H2,1-2H3. The van der Waals surface area contributed by atoms with Gasteiger partial charge in [0.05, 0.1) is 19.1 Å². The zero-order valence-corrected chi connectivity index (χ0v) is 17.1. The molecule has 0 spiro atoms. The molecule has 0 radical (unpaired) electrons. The van der Waals surface area contributed by atoms with Gasteiger partial charge in [-0.05, 0) is 44.1 Å². The highest BCUT2D eigenvalue weighted by Crippen LogP contribution is 2.32. The van der Waals surface area contributed by atoms with Crippen LogP contribution in [0.2, 0.25) is 5.02 Å². The molecule has 2 fully saturated rings. The predicted octanol–water partition coefficient (Wildman–Crippen LogP) is 2.01. The molecular weight excluding hydrogens is 366 g/mol. The summed E-state index contributed by atoms with van der Waals surface area (Å²) in [6.07, 6.45) is 1.69. The molecule has 0 bridgehead atoms. The molecule has 0 saturated carbocycles. The summed E-state index contributed by atoms with van der Waals surface area (Å²) in [7, 11) is 3.37. The molecule has 0 aromatic heterocycles. The fourth-order valence-electron chi connectivity index (χ4n) is 4.16. The van der Waals surface area contributed by atoms with Crippen LogP contribution in [0.3, 0.4) is 0 Å². The Morgan fingerprint density at radius 2 is 1.89 bits per heavy atom. The minimum absolute atomic E-state index is 0.255. The van der Waals surface area contributed by atoms with Crippen molar-refractivity contribution in [2.24, 2.45) is 5.41 Å². The van der Waals surface area contributed by atoms with Gasteiger partial charge in [0.2, 0.25) is 5.91 Å². The first-order valence-corrected chi connectivity index (χ1v) is 9.99. The van der Waals surface area contributed by atoms with Gasteiger partial charge in [-0.2, -0.15) is 0 Å². The summed E-state index contributed by atoms with van der Waals surface area (Å²) in [5, 5.41) is 4.06. The van der Waals surface area contributed by atoms with Crippen molar-refractivity contribution in [1.29, 1.82) is 0 Å². The quantitative estimate of drug-likeness (QED) is 0.798. The molecule has 3 rings (SSSR count). The average Bonchev–Trinajstić information content (AvgIpc) is 2.69. The summed E-state index contributed by atoms with van der Waals surface area (Å²) in [5.74, 6) is 1.11. The normalized spacial score (nSPS) is 20.5. The smallest absolute Gasteiger partial charge is 0.231 e. The van der Waals surface area contributed by atoms with Crippen LogP contribution in [0.25, 0.3) is 0 Å². The fourth-order valence-corrected chi connectivity index (χ4v) is 4.35. The topological polar surface area (TPSA) is 54.0 Å². The van der Waals surface area contributed by atoms with Crippen LogP contribution in [0.5, 0.6) is 5.75 Å². The molecule has 2 saturated heterocycles. The molecule has 2 aliphatic heterocycles. The number of halogens is 1. The lowest BCUT2D eigenvalue weighted by molar-refractivity contribution is -0.149. The Hall–Kier alpha value is -1.34. The monoisotopic (exact) mass is 395 g/mol. The number of hydrogen-bond acceptors (Lipinski definition) is 5. The van der Waals surface area contributed by atoms with Crippen LogP contribution in [0, 0.1) is 5.41 Å². The second-order valence-electron chi connectivity index (χ2n) is 7.49. The first kappa shape index (κ1) is 20.4. The van der Waals surface area contributed by atoms with Gasteiger partial charge >= 0.3 is 0 Å². The van der Waals surface area contributed by atoms with Gasteiger partial charge in [0, 0.05) is 50.4 Å². The van der Waals surface area contributed by atoms with Gasteiger partial charge in [-0.3, -0.25) is 9.69 Å².